The van der Waals surface area contributed by atoms with Gasteiger partial charge in [-0.2, -0.15) is 0 Å². The van der Waals surface area contributed by atoms with Crippen LogP contribution in [-0.4, -0.2) is 64.4 Å². The van der Waals surface area contributed by atoms with Crippen molar-refractivity contribution in [2.45, 2.75) is 76.5 Å². The number of hydrogen-bond donors (Lipinski definition) is 2. The average molecular weight is 545 g/mol. The summed E-state index contributed by atoms with van der Waals surface area (Å²) < 4.78 is 24.3. The van der Waals surface area contributed by atoms with E-state index in [0.717, 1.165) is 5.56 Å². The number of phenols is 2. The summed E-state index contributed by atoms with van der Waals surface area (Å²) in [5, 5.41) is 23.0. The monoisotopic (exact) mass is 544 g/mol. The molecule has 3 aromatic rings. The van der Waals surface area contributed by atoms with Crippen LogP contribution in [0.1, 0.15) is 75.8 Å². The molecule has 9 nitrogen and oxygen atoms in total. The number of benzene rings is 3. The van der Waals surface area contributed by atoms with E-state index in [9.17, 15) is 24.6 Å². The van der Waals surface area contributed by atoms with Gasteiger partial charge in [-0.15, -0.1) is 0 Å². The fourth-order valence-corrected chi connectivity index (χ4v) is 6.58. The van der Waals surface area contributed by atoms with E-state index in [1.165, 1.54) is 6.07 Å². The number of aryl methyl sites for hydroxylation is 1. The molecule has 0 unspecified atom stereocenters. The van der Waals surface area contributed by atoms with Crippen LogP contribution in [0.2, 0.25) is 0 Å². The van der Waals surface area contributed by atoms with E-state index in [1.807, 2.05) is 19.9 Å². The number of ketones is 3. The first-order chi connectivity index (χ1) is 19.1. The number of fused-ring (bicyclic) bond motifs is 6. The minimum absolute atomic E-state index is 0.0491. The molecular weight excluding hydrogens is 516 g/mol. The van der Waals surface area contributed by atoms with Crippen LogP contribution in [0, 0.1) is 6.92 Å². The number of carbonyl (C=O) groups is 3. The van der Waals surface area contributed by atoms with Crippen LogP contribution >= 0.6 is 0 Å². The Balaban J connectivity index is 1.23. The zero-order valence-electron chi connectivity index (χ0n) is 22.2. The fraction of sp³-hybridized carbons (Fsp3) is 0.387. The lowest BCUT2D eigenvalue weighted by Gasteiger charge is -2.49. The Morgan fingerprint density at radius 3 is 2.35 bits per heavy atom. The smallest absolute Gasteiger partial charge is 0.198 e. The highest BCUT2D eigenvalue weighted by atomic mass is 16.7. The van der Waals surface area contributed by atoms with E-state index in [-0.39, 0.29) is 46.0 Å². The third kappa shape index (κ3) is 3.65. The first-order valence-corrected chi connectivity index (χ1v) is 13.5. The topological polar surface area (TPSA) is 129 Å². The SMILES string of the molecule is Cc1cc(O)c2c3c(ccc2c1)C(=O)c1c(ccc([C@H]2C[C@H]4O[C@H]5CC(=O)[C@H](C)O[C@H]5O[C@@H]4[C@@H](C)O2)c1O)C3=O. The molecule has 7 rings (SSSR count). The van der Waals surface area contributed by atoms with Crippen LogP contribution < -0.4 is 0 Å². The predicted molar refractivity (Wildman–Crippen MR) is 141 cm³/mol. The minimum atomic E-state index is -0.656. The molecule has 0 spiro atoms. The standard InChI is InChI=1S/C31H28O9/c1-12-8-15-4-5-17-25(24(15)20(33)9-12)28(35)18-7-6-16(27(34)26(18)29(17)36)21-11-22-30(14(3)37-21)40-31-23(39-22)10-19(32)13(2)38-31/h4-9,13-14,21-23,30-31,33-34H,10-11H2,1-3H3/t13-,14+,21+,22+,23-,30+,31-/m0/s1. The molecule has 0 aromatic heterocycles. The van der Waals surface area contributed by atoms with Gasteiger partial charge in [-0.25, -0.2) is 0 Å². The van der Waals surface area contributed by atoms with Crippen LogP contribution in [0.25, 0.3) is 10.8 Å². The maximum absolute atomic E-state index is 13.7. The van der Waals surface area contributed by atoms with Crippen LogP contribution in [0.4, 0.5) is 0 Å². The molecule has 3 aromatic carbocycles. The van der Waals surface area contributed by atoms with E-state index in [2.05, 4.69) is 0 Å². The van der Waals surface area contributed by atoms with Crippen molar-refractivity contribution in [3.8, 4) is 11.5 Å². The average Bonchev–Trinajstić information content (AvgIpc) is 2.90. The van der Waals surface area contributed by atoms with Crippen molar-refractivity contribution in [2.75, 3.05) is 0 Å². The summed E-state index contributed by atoms with van der Waals surface area (Å²) in [7, 11) is 0. The molecule has 3 aliphatic heterocycles. The van der Waals surface area contributed by atoms with Gasteiger partial charge in [-0.1, -0.05) is 18.2 Å². The first kappa shape index (κ1) is 25.3. The summed E-state index contributed by atoms with van der Waals surface area (Å²) in [5.74, 6) is -1.38. The van der Waals surface area contributed by atoms with Gasteiger partial charge in [0, 0.05) is 40.5 Å². The molecule has 4 aliphatic rings. The normalized spacial score (nSPS) is 31.4. The van der Waals surface area contributed by atoms with E-state index in [1.54, 1.807) is 31.2 Å². The Kier molecular flexibility index (Phi) is 5.66. The Hall–Kier alpha value is -3.63. The third-order valence-corrected chi connectivity index (χ3v) is 8.53. The van der Waals surface area contributed by atoms with Gasteiger partial charge in [-0.3, -0.25) is 14.4 Å². The number of aromatic hydroxyl groups is 2. The van der Waals surface area contributed by atoms with Gasteiger partial charge in [0.15, 0.2) is 23.6 Å². The highest BCUT2D eigenvalue weighted by molar-refractivity contribution is 6.33. The van der Waals surface area contributed by atoms with Crippen LogP contribution in [0.5, 0.6) is 11.5 Å². The van der Waals surface area contributed by atoms with Crippen molar-refractivity contribution in [1.82, 2.24) is 0 Å². The summed E-state index contributed by atoms with van der Waals surface area (Å²) in [6.07, 6.45) is -3.18. The second-order valence-corrected chi connectivity index (χ2v) is 11.2. The zero-order chi connectivity index (χ0) is 28.0. The molecule has 3 heterocycles. The van der Waals surface area contributed by atoms with Crippen LogP contribution in [0.15, 0.2) is 36.4 Å². The zero-order valence-corrected chi connectivity index (χ0v) is 22.2. The largest absolute Gasteiger partial charge is 0.507 e. The van der Waals surface area contributed by atoms with Gasteiger partial charge in [0.1, 0.15) is 29.8 Å². The second kappa shape index (κ2) is 8.94. The lowest BCUT2D eigenvalue weighted by atomic mass is 9.79. The fourth-order valence-electron chi connectivity index (χ4n) is 6.58. The van der Waals surface area contributed by atoms with Gasteiger partial charge >= 0.3 is 0 Å². The van der Waals surface area contributed by atoms with Crippen molar-refractivity contribution in [3.63, 3.8) is 0 Å². The molecule has 0 saturated carbocycles. The van der Waals surface area contributed by atoms with Gasteiger partial charge in [-0.05, 0) is 49.9 Å². The van der Waals surface area contributed by atoms with E-state index < -0.39 is 54.5 Å². The molecule has 0 radical (unpaired) electrons. The van der Waals surface area contributed by atoms with Crippen LogP contribution in [0.3, 0.4) is 0 Å². The highest BCUT2D eigenvalue weighted by Crippen LogP contribution is 2.46. The molecule has 40 heavy (non-hydrogen) atoms. The lowest BCUT2D eigenvalue weighted by Crippen LogP contribution is -2.60. The number of phenolic OH excluding ortho intramolecular Hbond substituents is 2. The summed E-state index contributed by atoms with van der Waals surface area (Å²) in [6.45, 7) is 5.37. The van der Waals surface area contributed by atoms with Gasteiger partial charge in [0.05, 0.1) is 23.9 Å². The summed E-state index contributed by atoms with van der Waals surface area (Å²) in [5.41, 5.74) is 1.43. The first-order valence-electron chi connectivity index (χ1n) is 13.5. The number of hydrogen-bond acceptors (Lipinski definition) is 9. The maximum Gasteiger partial charge on any atom is 0.198 e. The minimum Gasteiger partial charge on any atom is -0.507 e. The third-order valence-electron chi connectivity index (χ3n) is 8.53. The molecular formula is C31H28O9. The second-order valence-electron chi connectivity index (χ2n) is 11.2. The van der Waals surface area contributed by atoms with Crippen LogP contribution in [-0.2, 0) is 23.7 Å². The highest BCUT2D eigenvalue weighted by Gasteiger charge is 2.50. The van der Waals surface area contributed by atoms with Crippen molar-refractivity contribution >= 4 is 28.1 Å². The number of Topliss-reactive ketones (excluding diaryl/α,β-unsaturated/α-hetero) is 1. The van der Waals surface area contributed by atoms with Crippen molar-refractivity contribution in [2.24, 2.45) is 0 Å². The lowest BCUT2D eigenvalue weighted by molar-refractivity contribution is -0.347. The Morgan fingerprint density at radius 1 is 0.825 bits per heavy atom. The van der Waals surface area contributed by atoms with Crippen molar-refractivity contribution in [1.29, 1.82) is 0 Å². The Bertz CT molecular complexity index is 1630. The molecule has 0 amide bonds. The quantitative estimate of drug-likeness (QED) is 0.365. The molecule has 3 fully saturated rings. The molecule has 1 aliphatic carbocycles. The molecule has 0 bridgehead atoms. The summed E-state index contributed by atoms with van der Waals surface area (Å²) in [6, 6.07) is 9.78. The number of ether oxygens (including phenoxy) is 4. The number of carbonyl (C=O) groups excluding carboxylic acids is 3. The predicted octanol–water partition coefficient (Wildman–Crippen LogP) is 4.04. The molecule has 206 valence electrons. The molecule has 3 saturated heterocycles. The van der Waals surface area contributed by atoms with Crippen molar-refractivity contribution < 1.29 is 43.5 Å². The maximum atomic E-state index is 13.7. The Labute approximate surface area is 229 Å². The van der Waals surface area contributed by atoms with Gasteiger partial charge in [0.2, 0.25) is 0 Å². The van der Waals surface area contributed by atoms with Gasteiger partial charge in [0.25, 0.3) is 0 Å². The van der Waals surface area contributed by atoms with Crippen molar-refractivity contribution in [3.05, 3.63) is 69.8 Å². The number of rotatable bonds is 1. The Morgan fingerprint density at radius 2 is 1.55 bits per heavy atom. The van der Waals surface area contributed by atoms with E-state index >= 15 is 0 Å². The molecule has 9 heteroatoms. The van der Waals surface area contributed by atoms with E-state index in [0.29, 0.717) is 22.8 Å². The summed E-state index contributed by atoms with van der Waals surface area (Å²) in [4.78, 5) is 39.6. The summed E-state index contributed by atoms with van der Waals surface area (Å²) >= 11 is 0. The molecule has 7 atom stereocenters. The van der Waals surface area contributed by atoms with Gasteiger partial charge < -0.3 is 29.2 Å². The van der Waals surface area contributed by atoms with E-state index in [4.69, 9.17) is 18.9 Å². The molecule has 2 N–H and O–H groups in total.